The fraction of sp³-hybridized carbons (Fsp3) is 0.588. The number of aliphatic hydroxyl groups is 1. The molecule has 1 aromatic carbocycles. The minimum atomic E-state index is -3.59. The zero-order valence-corrected chi connectivity index (χ0v) is 15.5. The Bertz CT molecular complexity index is 703. The SMILES string of the molecule is CCOCC(=O)N1CCc2cc(S(=O)(=O)NCCC(C)O)ccc2C1. The Balaban J connectivity index is 2.05. The van der Waals surface area contributed by atoms with Gasteiger partial charge < -0.3 is 14.7 Å². The largest absolute Gasteiger partial charge is 0.393 e. The van der Waals surface area contributed by atoms with E-state index in [0.29, 0.717) is 32.5 Å². The van der Waals surface area contributed by atoms with Crippen molar-refractivity contribution in [2.75, 3.05) is 26.3 Å². The normalized spacial score (nSPS) is 15.7. The van der Waals surface area contributed by atoms with Gasteiger partial charge in [-0.2, -0.15) is 0 Å². The molecular weight excluding hydrogens is 344 g/mol. The fourth-order valence-corrected chi connectivity index (χ4v) is 3.77. The molecule has 0 bridgehead atoms. The van der Waals surface area contributed by atoms with Crippen molar-refractivity contribution in [3.63, 3.8) is 0 Å². The van der Waals surface area contributed by atoms with E-state index in [2.05, 4.69) is 4.72 Å². The van der Waals surface area contributed by atoms with Gasteiger partial charge >= 0.3 is 0 Å². The minimum absolute atomic E-state index is 0.0519. The summed E-state index contributed by atoms with van der Waals surface area (Å²) in [5, 5.41) is 9.23. The molecule has 1 atom stereocenters. The number of nitrogens with one attached hydrogen (secondary N) is 1. The van der Waals surface area contributed by atoms with E-state index in [9.17, 15) is 18.3 Å². The number of sulfonamides is 1. The molecule has 0 spiro atoms. The number of amides is 1. The number of hydrogen-bond donors (Lipinski definition) is 2. The first-order valence-electron chi connectivity index (χ1n) is 8.48. The molecule has 2 rings (SSSR count). The van der Waals surface area contributed by atoms with E-state index >= 15 is 0 Å². The van der Waals surface area contributed by atoms with Gasteiger partial charge in [0.25, 0.3) is 0 Å². The second-order valence-electron chi connectivity index (χ2n) is 6.17. The molecule has 0 saturated heterocycles. The van der Waals surface area contributed by atoms with E-state index in [1.165, 1.54) is 0 Å². The maximum absolute atomic E-state index is 12.3. The number of benzene rings is 1. The first-order chi connectivity index (χ1) is 11.8. The molecule has 1 heterocycles. The highest BCUT2D eigenvalue weighted by Gasteiger charge is 2.23. The molecule has 1 aliphatic rings. The quantitative estimate of drug-likeness (QED) is 0.701. The zero-order chi connectivity index (χ0) is 18.4. The summed E-state index contributed by atoms with van der Waals surface area (Å²) in [6.45, 7) is 5.25. The molecule has 1 amide bonds. The van der Waals surface area contributed by atoms with Gasteiger partial charge in [-0.15, -0.1) is 0 Å². The summed E-state index contributed by atoms with van der Waals surface area (Å²) >= 11 is 0. The van der Waals surface area contributed by atoms with E-state index in [1.807, 2.05) is 6.92 Å². The van der Waals surface area contributed by atoms with Crippen LogP contribution in [0.25, 0.3) is 0 Å². The van der Waals surface area contributed by atoms with Gasteiger partial charge in [0.15, 0.2) is 0 Å². The van der Waals surface area contributed by atoms with Crippen LogP contribution in [0.15, 0.2) is 23.1 Å². The second kappa shape index (κ2) is 8.75. The average Bonchev–Trinajstić information content (AvgIpc) is 2.58. The predicted molar refractivity (Wildman–Crippen MR) is 93.5 cm³/mol. The van der Waals surface area contributed by atoms with Crippen molar-refractivity contribution in [3.05, 3.63) is 29.3 Å². The van der Waals surface area contributed by atoms with E-state index in [0.717, 1.165) is 11.1 Å². The zero-order valence-electron chi connectivity index (χ0n) is 14.7. The second-order valence-corrected chi connectivity index (χ2v) is 7.94. The number of hydrogen-bond acceptors (Lipinski definition) is 5. The third-order valence-corrected chi connectivity index (χ3v) is 5.60. The molecule has 1 unspecified atom stereocenters. The maximum Gasteiger partial charge on any atom is 0.248 e. The summed E-state index contributed by atoms with van der Waals surface area (Å²) in [6.07, 6.45) is 0.428. The van der Waals surface area contributed by atoms with Gasteiger partial charge in [-0.1, -0.05) is 6.07 Å². The molecule has 1 aromatic rings. The topological polar surface area (TPSA) is 95.9 Å². The van der Waals surface area contributed by atoms with Crippen LogP contribution in [0.4, 0.5) is 0 Å². The third-order valence-electron chi connectivity index (χ3n) is 4.14. The lowest BCUT2D eigenvalue weighted by Gasteiger charge is -2.29. The molecule has 2 N–H and O–H groups in total. The fourth-order valence-electron chi connectivity index (χ4n) is 2.68. The van der Waals surface area contributed by atoms with E-state index < -0.39 is 16.1 Å². The number of ether oxygens (including phenoxy) is 1. The molecule has 0 aromatic heterocycles. The van der Waals surface area contributed by atoms with Gasteiger partial charge in [0.05, 0.1) is 11.0 Å². The maximum atomic E-state index is 12.3. The van der Waals surface area contributed by atoms with Crippen LogP contribution in [0, 0.1) is 0 Å². The first-order valence-corrected chi connectivity index (χ1v) is 9.97. The lowest BCUT2D eigenvalue weighted by atomic mass is 10.00. The summed E-state index contributed by atoms with van der Waals surface area (Å²) in [5.41, 5.74) is 1.90. The van der Waals surface area contributed by atoms with Crippen LogP contribution < -0.4 is 4.72 Å². The van der Waals surface area contributed by atoms with Crippen molar-refractivity contribution < 1.29 is 23.1 Å². The van der Waals surface area contributed by atoms with Gasteiger partial charge in [-0.25, -0.2) is 13.1 Å². The summed E-state index contributed by atoms with van der Waals surface area (Å²) in [6, 6.07) is 4.99. The summed E-state index contributed by atoms with van der Waals surface area (Å²) in [7, 11) is -3.59. The van der Waals surface area contributed by atoms with Gasteiger partial charge in [-0.05, 0) is 49.9 Å². The van der Waals surface area contributed by atoms with Crippen molar-refractivity contribution in [1.29, 1.82) is 0 Å². The Morgan fingerprint density at radius 2 is 2.16 bits per heavy atom. The Labute approximate surface area is 149 Å². The van der Waals surface area contributed by atoms with E-state index in [4.69, 9.17) is 4.74 Å². The van der Waals surface area contributed by atoms with Gasteiger partial charge in [0, 0.05) is 26.2 Å². The number of fused-ring (bicyclic) bond motifs is 1. The third kappa shape index (κ3) is 5.50. The first kappa shape index (κ1) is 19.8. The Kier molecular flexibility index (Phi) is 6.95. The van der Waals surface area contributed by atoms with Crippen molar-refractivity contribution in [3.8, 4) is 0 Å². The summed E-state index contributed by atoms with van der Waals surface area (Å²) in [5.74, 6) is -0.0519. The van der Waals surface area contributed by atoms with E-state index in [1.54, 1.807) is 30.0 Å². The van der Waals surface area contributed by atoms with E-state index in [-0.39, 0.29) is 24.0 Å². The molecule has 0 radical (unpaired) electrons. The monoisotopic (exact) mass is 370 g/mol. The number of carbonyl (C=O) groups excluding carboxylic acids is 1. The molecular formula is C17H26N2O5S. The lowest BCUT2D eigenvalue weighted by Crippen LogP contribution is -2.38. The minimum Gasteiger partial charge on any atom is -0.393 e. The highest BCUT2D eigenvalue weighted by molar-refractivity contribution is 7.89. The average molecular weight is 370 g/mol. The molecule has 140 valence electrons. The highest BCUT2D eigenvalue weighted by Crippen LogP contribution is 2.22. The molecule has 0 aliphatic carbocycles. The van der Waals surface area contributed by atoms with Crippen LogP contribution in [-0.2, 0) is 32.5 Å². The lowest BCUT2D eigenvalue weighted by molar-refractivity contribution is -0.136. The number of aliphatic hydroxyl groups excluding tert-OH is 1. The van der Waals surface area contributed by atoms with Crippen molar-refractivity contribution in [2.24, 2.45) is 0 Å². The molecule has 0 fully saturated rings. The summed E-state index contributed by atoms with van der Waals surface area (Å²) in [4.78, 5) is 14.0. The molecule has 0 saturated carbocycles. The van der Waals surface area contributed by atoms with Crippen LogP contribution >= 0.6 is 0 Å². The van der Waals surface area contributed by atoms with Crippen LogP contribution in [0.1, 0.15) is 31.4 Å². The summed E-state index contributed by atoms with van der Waals surface area (Å²) < 4.78 is 32.3. The van der Waals surface area contributed by atoms with Crippen LogP contribution in [0.2, 0.25) is 0 Å². The number of nitrogens with zero attached hydrogens (tertiary/aromatic N) is 1. The Morgan fingerprint density at radius 3 is 2.84 bits per heavy atom. The van der Waals surface area contributed by atoms with Gasteiger partial charge in [0.2, 0.25) is 15.9 Å². The molecule has 8 heteroatoms. The van der Waals surface area contributed by atoms with Crippen molar-refractivity contribution in [1.82, 2.24) is 9.62 Å². The highest BCUT2D eigenvalue weighted by atomic mass is 32.2. The van der Waals surface area contributed by atoms with Crippen molar-refractivity contribution >= 4 is 15.9 Å². The smallest absolute Gasteiger partial charge is 0.248 e. The molecule has 1 aliphatic heterocycles. The van der Waals surface area contributed by atoms with Crippen LogP contribution in [0.3, 0.4) is 0 Å². The van der Waals surface area contributed by atoms with Gasteiger partial charge in [-0.3, -0.25) is 4.79 Å². The van der Waals surface area contributed by atoms with Crippen LogP contribution in [0.5, 0.6) is 0 Å². The predicted octanol–water partition coefficient (Wildman–Crippen LogP) is 0.657. The van der Waals surface area contributed by atoms with Crippen molar-refractivity contribution in [2.45, 2.75) is 44.2 Å². The van der Waals surface area contributed by atoms with Gasteiger partial charge in [0.1, 0.15) is 6.61 Å². The molecule has 7 nitrogen and oxygen atoms in total. The number of carbonyl (C=O) groups is 1. The van der Waals surface area contributed by atoms with Crippen LogP contribution in [-0.4, -0.2) is 56.7 Å². The number of rotatable bonds is 8. The standard InChI is InChI=1S/C17H26N2O5S/c1-3-24-12-17(21)19-9-7-14-10-16(5-4-15(14)11-19)25(22,23)18-8-6-13(2)20/h4-5,10,13,18,20H,3,6-9,11-12H2,1-2H3. The Hall–Kier alpha value is -1.48. The Morgan fingerprint density at radius 1 is 1.40 bits per heavy atom. The molecule has 25 heavy (non-hydrogen) atoms.